The zero-order valence-electron chi connectivity index (χ0n) is 11.7. The Kier molecular flexibility index (Phi) is 4.98. The first-order chi connectivity index (χ1) is 10.0. The van der Waals surface area contributed by atoms with Crippen LogP contribution in [0.3, 0.4) is 0 Å². The van der Waals surface area contributed by atoms with E-state index in [9.17, 15) is 9.18 Å². The van der Waals surface area contributed by atoms with E-state index in [0.717, 1.165) is 18.9 Å². The molecule has 2 rings (SSSR count). The second-order valence-corrected chi connectivity index (χ2v) is 5.04. The fourth-order valence-electron chi connectivity index (χ4n) is 2.52. The molecule has 0 bridgehead atoms. The van der Waals surface area contributed by atoms with Gasteiger partial charge in [0.2, 0.25) is 0 Å². The van der Waals surface area contributed by atoms with Gasteiger partial charge in [0, 0.05) is 18.8 Å². The number of hydrogen-bond acceptors (Lipinski definition) is 5. The van der Waals surface area contributed by atoms with Crippen LogP contribution in [-0.2, 0) is 4.74 Å². The fraction of sp³-hybridized carbons (Fsp3) is 0.500. The minimum absolute atomic E-state index is 0.00518. The molecular formula is C14H20FN3O3. The van der Waals surface area contributed by atoms with E-state index >= 15 is 0 Å². The Bertz CT molecular complexity index is 516. The highest BCUT2D eigenvalue weighted by molar-refractivity contribution is 5.99. The summed E-state index contributed by atoms with van der Waals surface area (Å²) in [6.45, 7) is 1.52. The van der Waals surface area contributed by atoms with Crippen molar-refractivity contribution in [2.24, 2.45) is 5.73 Å². The van der Waals surface area contributed by atoms with Crippen molar-refractivity contribution in [3.63, 3.8) is 0 Å². The van der Waals surface area contributed by atoms with Crippen LogP contribution in [0.4, 0.5) is 15.8 Å². The van der Waals surface area contributed by atoms with Gasteiger partial charge in [0.25, 0.3) is 5.91 Å². The molecule has 7 heteroatoms. The number of rotatable bonds is 5. The number of hydrogen-bond donors (Lipinski definition) is 3. The lowest BCUT2D eigenvalue weighted by atomic mass is 10.0. The van der Waals surface area contributed by atoms with Crippen molar-refractivity contribution in [1.82, 2.24) is 0 Å². The smallest absolute Gasteiger partial charge is 0.250 e. The SMILES string of the molecule is NC(=O)c1cc(N2CCC(OCCO)CC2)c(F)cc1N. The Morgan fingerprint density at radius 2 is 2.10 bits per heavy atom. The van der Waals surface area contributed by atoms with Crippen LogP contribution in [0.2, 0.25) is 0 Å². The Hall–Kier alpha value is -1.86. The average molecular weight is 297 g/mol. The summed E-state index contributed by atoms with van der Waals surface area (Å²) in [5.74, 6) is -1.14. The third-order valence-electron chi connectivity index (χ3n) is 3.61. The normalized spacial score (nSPS) is 16.2. The molecule has 1 fully saturated rings. The van der Waals surface area contributed by atoms with Crippen LogP contribution in [-0.4, -0.2) is 43.4 Å². The Morgan fingerprint density at radius 3 is 2.67 bits per heavy atom. The third kappa shape index (κ3) is 3.62. The van der Waals surface area contributed by atoms with Crippen molar-refractivity contribution < 1.29 is 19.0 Å². The molecule has 1 aliphatic heterocycles. The topological polar surface area (TPSA) is 102 Å². The number of amides is 1. The summed E-state index contributed by atoms with van der Waals surface area (Å²) in [5, 5.41) is 8.73. The van der Waals surface area contributed by atoms with Gasteiger partial charge in [-0.05, 0) is 25.0 Å². The summed E-state index contributed by atoms with van der Waals surface area (Å²) in [5.41, 5.74) is 11.3. The summed E-state index contributed by atoms with van der Waals surface area (Å²) >= 11 is 0. The van der Waals surface area contributed by atoms with Gasteiger partial charge in [0.15, 0.2) is 0 Å². The maximum Gasteiger partial charge on any atom is 0.250 e. The number of aliphatic hydroxyl groups excluding tert-OH is 1. The lowest BCUT2D eigenvalue weighted by Crippen LogP contribution is -2.38. The predicted molar refractivity (Wildman–Crippen MR) is 77.6 cm³/mol. The van der Waals surface area contributed by atoms with E-state index in [1.807, 2.05) is 4.90 Å². The van der Waals surface area contributed by atoms with Crippen molar-refractivity contribution in [3.8, 4) is 0 Å². The first kappa shape index (κ1) is 15.5. The lowest BCUT2D eigenvalue weighted by molar-refractivity contribution is 0.0158. The van der Waals surface area contributed by atoms with Crippen LogP contribution in [0.15, 0.2) is 12.1 Å². The second kappa shape index (κ2) is 6.73. The molecule has 1 amide bonds. The number of nitrogens with two attached hydrogens (primary N) is 2. The molecule has 5 N–H and O–H groups in total. The van der Waals surface area contributed by atoms with Crippen LogP contribution in [0.5, 0.6) is 0 Å². The van der Waals surface area contributed by atoms with E-state index in [2.05, 4.69) is 0 Å². The first-order valence-corrected chi connectivity index (χ1v) is 6.89. The van der Waals surface area contributed by atoms with Gasteiger partial charge >= 0.3 is 0 Å². The van der Waals surface area contributed by atoms with Gasteiger partial charge < -0.3 is 26.2 Å². The van der Waals surface area contributed by atoms with Gasteiger partial charge in [0.05, 0.1) is 30.6 Å². The summed E-state index contributed by atoms with van der Waals surface area (Å²) in [7, 11) is 0. The molecule has 0 aromatic heterocycles. The highest BCUT2D eigenvalue weighted by Gasteiger charge is 2.23. The molecule has 21 heavy (non-hydrogen) atoms. The highest BCUT2D eigenvalue weighted by Crippen LogP contribution is 2.28. The van der Waals surface area contributed by atoms with Crippen LogP contribution in [0.25, 0.3) is 0 Å². The standard InChI is InChI=1S/C14H20FN3O3/c15-11-8-12(16)10(14(17)20)7-13(11)18-3-1-9(2-4-18)21-6-5-19/h7-9,19H,1-6,16H2,(H2,17,20). The van der Waals surface area contributed by atoms with Crippen molar-refractivity contribution in [1.29, 1.82) is 0 Å². The molecule has 0 atom stereocenters. The highest BCUT2D eigenvalue weighted by atomic mass is 19.1. The van der Waals surface area contributed by atoms with E-state index in [-0.39, 0.29) is 24.0 Å². The predicted octanol–water partition coefficient (Wildman–Crippen LogP) is 0.484. The number of halogens is 1. The number of nitrogen functional groups attached to an aromatic ring is 1. The van der Waals surface area contributed by atoms with E-state index < -0.39 is 11.7 Å². The number of carbonyl (C=O) groups is 1. The number of carbonyl (C=O) groups excluding carboxylic acids is 1. The van der Waals surface area contributed by atoms with E-state index in [1.165, 1.54) is 6.07 Å². The molecule has 0 radical (unpaired) electrons. The molecule has 116 valence electrons. The van der Waals surface area contributed by atoms with Gasteiger partial charge in [-0.1, -0.05) is 0 Å². The summed E-state index contributed by atoms with van der Waals surface area (Å²) < 4.78 is 19.5. The molecular weight excluding hydrogens is 277 g/mol. The third-order valence-corrected chi connectivity index (χ3v) is 3.61. The first-order valence-electron chi connectivity index (χ1n) is 6.89. The monoisotopic (exact) mass is 297 g/mol. The minimum atomic E-state index is -0.671. The zero-order valence-corrected chi connectivity index (χ0v) is 11.7. The molecule has 0 unspecified atom stereocenters. The summed E-state index contributed by atoms with van der Waals surface area (Å²) in [6, 6.07) is 2.53. The molecule has 1 saturated heterocycles. The molecule has 1 aliphatic rings. The van der Waals surface area contributed by atoms with Crippen LogP contribution >= 0.6 is 0 Å². The molecule has 0 spiro atoms. The van der Waals surface area contributed by atoms with Gasteiger partial charge in [-0.15, -0.1) is 0 Å². The molecule has 1 aromatic rings. The number of benzene rings is 1. The Labute approximate surface area is 122 Å². The van der Waals surface area contributed by atoms with E-state index in [0.29, 0.717) is 25.4 Å². The van der Waals surface area contributed by atoms with Gasteiger partial charge in [-0.2, -0.15) is 0 Å². The summed E-state index contributed by atoms with van der Waals surface area (Å²) in [6.07, 6.45) is 1.53. The molecule has 1 heterocycles. The number of nitrogens with zero attached hydrogens (tertiary/aromatic N) is 1. The molecule has 6 nitrogen and oxygen atoms in total. The zero-order chi connectivity index (χ0) is 15.4. The maximum absolute atomic E-state index is 14.0. The van der Waals surface area contributed by atoms with Crippen LogP contribution in [0.1, 0.15) is 23.2 Å². The summed E-state index contributed by atoms with van der Waals surface area (Å²) in [4.78, 5) is 13.1. The number of primary amides is 1. The van der Waals surface area contributed by atoms with Crippen molar-refractivity contribution in [2.75, 3.05) is 36.9 Å². The van der Waals surface area contributed by atoms with Crippen molar-refractivity contribution in [2.45, 2.75) is 18.9 Å². The average Bonchev–Trinajstić information content (AvgIpc) is 2.45. The van der Waals surface area contributed by atoms with Crippen LogP contribution in [0, 0.1) is 5.82 Å². The molecule has 1 aromatic carbocycles. The quantitative estimate of drug-likeness (QED) is 0.686. The number of piperidine rings is 1. The number of ether oxygens (including phenoxy) is 1. The second-order valence-electron chi connectivity index (χ2n) is 5.04. The van der Waals surface area contributed by atoms with E-state index in [4.69, 9.17) is 21.3 Å². The van der Waals surface area contributed by atoms with Gasteiger partial charge in [0.1, 0.15) is 5.82 Å². The van der Waals surface area contributed by atoms with Crippen LogP contribution < -0.4 is 16.4 Å². The van der Waals surface area contributed by atoms with Gasteiger partial charge in [-0.3, -0.25) is 4.79 Å². The van der Waals surface area contributed by atoms with E-state index in [1.54, 1.807) is 0 Å². The van der Waals surface area contributed by atoms with Crippen molar-refractivity contribution in [3.05, 3.63) is 23.5 Å². The minimum Gasteiger partial charge on any atom is -0.398 e. The van der Waals surface area contributed by atoms with Gasteiger partial charge in [-0.25, -0.2) is 4.39 Å². The maximum atomic E-state index is 14.0. The number of anilines is 2. The lowest BCUT2D eigenvalue weighted by Gasteiger charge is -2.33. The largest absolute Gasteiger partial charge is 0.398 e. The fourth-order valence-corrected chi connectivity index (χ4v) is 2.52. The Morgan fingerprint density at radius 1 is 1.43 bits per heavy atom. The van der Waals surface area contributed by atoms with Crippen molar-refractivity contribution >= 4 is 17.3 Å². The number of aliphatic hydroxyl groups is 1. The molecule has 0 saturated carbocycles. The Balaban J connectivity index is 2.09. The molecule has 0 aliphatic carbocycles.